The number of morpholine rings is 1. The molecule has 3 aromatic rings. The van der Waals surface area contributed by atoms with Gasteiger partial charge in [0.15, 0.2) is 8.32 Å². The summed E-state index contributed by atoms with van der Waals surface area (Å²) in [6.45, 7) is 19.3. The van der Waals surface area contributed by atoms with Crippen molar-refractivity contribution >= 4 is 31.3 Å². The molecule has 1 saturated heterocycles. The molecule has 250 valence electrons. The van der Waals surface area contributed by atoms with Crippen LogP contribution in [0.1, 0.15) is 55.5 Å². The molecule has 1 fully saturated rings. The van der Waals surface area contributed by atoms with E-state index in [1.54, 1.807) is 0 Å². The zero-order valence-electron chi connectivity index (χ0n) is 28.7. The van der Waals surface area contributed by atoms with E-state index in [4.69, 9.17) is 18.6 Å². The third kappa shape index (κ3) is 8.69. The Labute approximate surface area is 276 Å². The highest BCUT2D eigenvalue weighted by molar-refractivity contribution is 6.74. The van der Waals surface area contributed by atoms with Gasteiger partial charge in [0.25, 0.3) is 0 Å². The van der Waals surface area contributed by atoms with Crippen LogP contribution in [-0.2, 0) is 31.5 Å². The van der Waals surface area contributed by atoms with Gasteiger partial charge in [-0.25, -0.2) is 4.79 Å². The SMILES string of the molecule is COC(=O)/C=C/c1ccc2c(c1)CCC2N(CCO[Si](C)(C)C(C)(C)C)CCc1c[nH]c2ccc(OCCN3CCOCC3)cc12. The number of aryl methyl sites for hydroxylation is 1. The number of carbonyl (C=O) groups excluding carboxylic acids is 1. The summed E-state index contributed by atoms with van der Waals surface area (Å²) < 4.78 is 23.1. The van der Waals surface area contributed by atoms with Crippen LogP contribution in [0.2, 0.25) is 18.1 Å². The summed E-state index contributed by atoms with van der Waals surface area (Å²) in [5, 5.41) is 1.41. The Bertz CT molecular complexity index is 1490. The van der Waals surface area contributed by atoms with Crippen LogP contribution >= 0.6 is 0 Å². The number of rotatable bonds is 14. The van der Waals surface area contributed by atoms with Gasteiger partial charge in [0, 0.05) is 68.5 Å². The number of nitrogens with zero attached hydrogens (tertiary/aromatic N) is 2. The Kier molecular flexibility index (Phi) is 11.4. The quantitative estimate of drug-likeness (QED) is 0.120. The summed E-state index contributed by atoms with van der Waals surface area (Å²) in [7, 11) is -0.451. The second-order valence-corrected chi connectivity index (χ2v) is 18.9. The molecule has 1 atom stereocenters. The average molecular weight is 648 g/mol. The van der Waals surface area contributed by atoms with E-state index < -0.39 is 8.32 Å². The lowest BCUT2D eigenvalue weighted by atomic mass is 10.0. The van der Waals surface area contributed by atoms with E-state index in [2.05, 4.69) is 91.2 Å². The maximum Gasteiger partial charge on any atom is 0.330 e. The summed E-state index contributed by atoms with van der Waals surface area (Å²) in [4.78, 5) is 20.1. The van der Waals surface area contributed by atoms with Gasteiger partial charge in [0.05, 0.1) is 20.3 Å². The number of carbonyl (C=O) groups is 1. The van der Waals surface area contributed by atoms with E-state index in [1.165, 1.54) is 35.3 Å². The number of aromatic nitrogens is 1. The summed E-state index contributed by atoms with van der Waals surface area (Å²) in [6.07, 6.45) is 8.52. The van der Waals surface area contributed by atoms with Crippen molar-refractivity contribution in [1.29, 1.82) is 0 Å². The Hall–Kier alpha value is -2.95. The third-order valence-electron chi connectivity index (χ3n) is 10.1. The number of hydrogen-bond donors (Lipinski definition) is 1. The second-order valence-electron chi connectivity index (χ2n) is 14.1. The molecule has 2 heterocycles. The first-order valence-electron chi connectivity index (χ1n) is 16.8. The van der Waals surface area contributed by atoms with E-state index in [1.807, 2.05) is 6.08 Å². The molecule has 2 aliphatic rings. The van der Waals surface area contributed by atoms with Crippen LogP contribution in [0.4, 0.5) is 0 Å². The van der Waals surface area contributed by atoms with Crippen molar-refractivity contribution in [2.24, 2.45) is 0 Å². The first-order chi connectivity index (χ1) is 22.0. The molecule has 0 spiro atoms. The normalized spacial score (nSPS) is 17.7. The van der Waals surface area contributed by atoms with Crippen LogP contribution in [0.3, 0.4) is 0 Å². The minimum absolute atomic E-state index is 0.178. The molecule has 0 saturated carbocycles. The number of aromatic amines is 1. The topological polar surface area (TPSA) is 76.3 Å². The van der Waals surface area contributed by atoms with Crippen molar-refractivity contribution in [3.63, 3.8) is 0 Å². The lowest BCUT2D eigenvalue weighted by Gasteiger charge is -2.37. The minimum atomic E-state index is -1.85. The molecule has 5 rings (SSSR count). The number of nitrogens with one attached hydrogen (secondary N) is 1. The molecule has 2 aromatic carbocycles. The largest absolute Gasteiger partial charge is 0.492 e. The van der Waals surface area contributed by atoms with Crippen molar-refractivity contribution in [3.05, 3.63) is 70.9 Å². The maximum absolute atomic E-state index is 11.6. The lowest BCUT2D eigenvalue weighted by Crippen LogP contribution is -2.43. The fourth-order valence-corrected chi connectivity index (χ4v) is 7.26. The maximum atomic E-state index is 11.6. The molecular formula is C37H53N3O5Si. The monoisotopic (exact) mass is 647 g/mol. The van der Waals surface area contributed by atoms with Gasteiger partial charge in [0.1, 0.15) is 12.4 Å². The van der Waals surface area contributed by atoms with Crippen LogP contribution in [0.25, 0.3) is 17.0 Å². The van der Waals surface area contributed by atoms with Crippen LogP contribution < -0.4 is 4.74 Å². The van der Waals surface area contributed by atoms with Crippen molar-refractivity contribution in [3.8, 4) is 5.75 Å². The second kappa shape index (κ2) is 15.3. The Balaban J connectivity index is 1.29. The highest BCUT2D eigenvalue weighted by Gasteiger charge is 2.37. The van der Waals surface area contributed by atoms with Gasteiger partial charge in [-0.3, -0.25) is 9.80 Å². The first-order valence-corrected chi connectivity index (χ1v) is 19.7. The smallest absolute Gasteiger partial charge is 0.330 e. The Morgan fingerprint density at radius 3 is 2.67 bits per heavy atom. The molecule has 1 aromatic heterocycles. The average Bonchev–Trinajstić information content (AvgIpc) is 3.65. The van der Waals surface area contributed by atoms with Gasteiger partial charge in [-0.05, 0) is 83.9 Å². The van der Waals surface area contributed by atoms with Crippen LogP contribution in [0.5, 0.6) is 5.75 Å². The molecular weight excluding hydrogens is 595 g/mol. The van der Waals surface area contributed by atoms with E-state index in [0.29, 0.717) is 12.6 Å². The van der Waals surface area contributed by atoms with Crippen LogP contribution in [0.15, 0.2) is 48.7 Å². The molecule has 1 unspecified atom stereocenters. The fraction of sp³-hybridized carbons (Fsp3) is 0.541. The van der Waals surface area contributed by atoms with E-state index >= 15 is 0 Å². The molecule has 46 heavy (non-hydrogen) atoms. The summed E-state index contributed by atoms with van der Waals surface area (Å²) >= 11 is 0. The van der Waals surface area contributed by atoms with Gasteiger partial charge in [-0.1, -0.05) is 39.0 Å². The molecule has 1 aliphatic heterocycles. The molecule has 0 bridgehead atoms. The fourth-order valence-electron chi connectivity index (χ4n) is 6.22. The summed E-state index contributed by atoms with van der Waals surface area (Å²) in [5.74, 6) is 0.582. The molecule has 1 N–H and O–H groups in total. The van der Waals surface area contributed by atoms with Gasteiger partial charge in [-0.2, -0.15) is 0 Å². The van der Waals surface area contributed by atoms with Gasteiger partial charge >= 0.3 is 5.97 Å². The molecule has 1 aliphatic carbocycles. The van der Waals surface area contributed by atoms with Gasteiger partial charge < -0.3 is 23.6 Å². The summed E-state index contributed by atoms with van der Waals surface area (Å²) in [5.41, 5.74) is 6.22. The first kappa shape index (κ1) is 34.4. The zero-order chi connectivity index (χ0) is 32.7. The number of hydrogen-bond acceptors (Lipinski definition) is 7. The Morgan fingerprint density at radius 1 is 1.11 bits per heavy atom. The molecule has 0 amide bonds. The van der Waals surface area contributed by atoms with E-state index in [9.17, 15) is 4.79 Å². The number of methoxy groups -OCH3 is 1. The standard InChI is InChI=1S/C37H53N3O5Si/c1-37(2,3)46(5,6)45-24-20-40(35-13-9-29-25-28(7-11-32(29)35)8-14-36(41)42-4)16-15-30-27-38-34-12-10-31(26-33(30)34)44-23-19-39-17-21-43-22-18-39/h7-8,10-12,14,25-27,35,38H,9,13,15-24H2,1-6H3/b14-8+. The highest BCUT2D eigenvalue weighted by Crippen LogP contribution is 2.38. The van der Waals surface area contributed by atoms with Crippen molar-refractivity contribution in [2.45, 2.75) is 64.2 Å². The van der Waals surface area contributed by atoms with Gasteiger partial charge in [0.2, 0.25) is 0 Å². The van der Waals surface area contributed by atoms with E-state index in [-0.39, 0.29) is 11.0 Å². The highest BCUT2D eigenvalue weighted by atomic mass is 28.4. The number of benzene rings is 2. The number of ether oxygens (including phenoxy) is 3. The molecule has 8 nitrogen and oxygen atoms in total. The van der Waals surface area contributed by atoms with Crippen molar-refractivity contribution < 1.29 is 23.4 Å². The number of fused-ring (bicyclic) bond motifs is 2. The summed E-state index contributed by atoms with van der Waals surface area (Å²) in [6, 6.07) is 13.3. The number of esters is 1. The van der Waals surface area contributed by atoms with Crippen LogP contribution in [0, 0.1) is 0 Å². The zero-order valence-corrected chi connectivity index (χ0v) is 29.7. The molecule has 9 heteroatoms. The Morgan fingerprint density at radius 2 is 1.91 bits per heavy atom. The van der Waals surface area contributed by atoms with E-state index in [0.717, 1.165) is 88.6 Å². The van der Waals surface area contributed by atoms with Gasteiger partial charge in [-0.15, -0.1) is 0 Å². The third-order valence-corrected chi connectivity index (χ3v) is 14.6. The van der Waals surface area contributed by atoms with Crippen LogP contribution in [-0.4, -0.2) is 95.3 Å². The minimum Gasteiger partial charge on any atom is -0.492 e. The predicted molar refractivity (Wildman–Crippen MR) is 188 cm³/mol. The van der Waals surface area contributed by atoms with Crippen molar-refractivity contribution in [2.75, 3.05) is 66.3 Å². The number of H-pyrrole nitrogens is 1. The lowest BCUT2D eigenvalue weighted by molar-refractivity contribution is -0.134. The molecule has 0 radical (unpaired) electrons. The predicted octanol–water partition coefficient (Wildman–Crippen LogP) is 6.62. The van der Waals surface area contributed by atoms with Crippen molar-refractivity contribution in [1.82, 2.24) is 14.8 Å².